The van der Waals surface area contributed by atoms with Gasteiger partial charge in [0.2, 0.25) is 0 Å². The van der Waals surface area contributed by atoms with Crippen molar-refractivity contribution in [2.75, 3.05) is 26.4 Å². The monoisotopic (exact) mass is 498 g/mol. The van der Waals surface area contributed by atoms with Crippen LogP contribution in [0.15, 0.2) is 0 Å². The first-order valence-electron chi connectivity index (χ1n) is 11.4. The predicted octanol–water partition coefficient (Wildman–Crippen LogP) is 5.36. The SMILES string of the molecule is CCCCCOP(=O)([O-])OCCCCC.CCCCCOP(=O)([O-])OCCCCC.[Mg+2]. The largest absolute Gasteiger partial charge is 2.00 e. The fourth-order valence-corrected chi connectivity index (χ4v) is 3.75. The molecule has 0 aromatic rings. The van der Waals surface area contributed by atoms with Crippen LogP contribution in [0.4, 0.5) is 0 Å². The Morgan fingerprint density at radius 1 is 0.484 bits per heavy atom. The van der Waals surface area contributed by atoms with Crippen LogP contribution in [0.25, 0.3) is 0 Å². The van der Waals surface area contributed by atoms with Crippen molar-refractivity contribution >= 4 is 38.7 Å². The van der Waals surface area contributed by atoms with Gasteiger partial charge in [0.1, 0.15) is 0 Å². The zero-order valence-electron chi connectivity index (χ0n) is 20.2. The molecular formula is C20H44MgO8P2. The van der Waals surface area contributed by atoms with E-state index in [1.54, 1.807) is 0 Å². The second-order valence-corrected chi connectivity index (χ2v) is 9.88. The molecule has 0 aromatic heterocycles. The van der Waals surface area contributed by atoms with Gasteiger partial charge in [-0.1, -0.05) is 79.1 Å². The first kappa shape index (κ1) is 36.6. The number of rotatable bonds is 20. The number of phosphoric acid groups is 2. The maximum atomic E-state index is 11.1. The van der Waals surface area contributed by atoms with E-state index in [0.717, 1.165) is 77.0 Å². The molecule has 11 heteroatoms. The zero-order chi connectivity index (χ0) is 23.1. The van der Waals surface area contributed by atoms with E-state index in [1.165, 1.54) is 0 Å². The summed E-state index contributed by atoms with van der Waals surface area (Å²) >= 11 is 0. The molecule has 8 nitrogen and oxygen atoms in total. The summed E-state index contributed by atoms with van der Waals surface area (Å²) in [6.45, 7) is 9.17. The molecule has 0 unspecified atom stereocenters. The summed E-state index contributed by atoms with van der Waals surface area (Å²) in [5.74, 6) is 0. The minimum absolute atomic E-state index is 0. The molecule has 0 aliphatic heterocycles. The van der Waals surface area contributed by atoms with Gasteiger partial charge in [-0.2, -0.15) is 0 Å². The quantitative estimate of drug-likeness (QED) is 0.125. The van der Waals surface area contributed by atoms with Gasteiger partial charge in [-0.25, -0.2) is 0 Å². The van der Waals surface area contributed by atoms with Gasteiger partial charge < -0.3 is 27.9 Å². The molecule has 0 fully saturated rings. The summed E-state index contributed by atoms with van der Waals surface area (Å²) in [4.78, 5) is 22.3. The second kappa shape index (κ2) is 25.6. The van der Waals surface area contributed by atoms with Crippen LogP contribution in [0.3, 0.4) is 0 Å². The Morgan fingerprint density at radius 3 is 0.839 bits per heavy atom. The Morgan fingerprint density at radius 2 is 0.677 bits per heavy atom. The van der Waals surface area contributed by atoms with Crippen molar-refractivity contribution in [1.82, 2.24) is 0 Å². The van der Waals surface area contributed by atoms with Gasteiger partial charge in [-0.15, -0.1) is 0 Å². The smallest absolute Gasteiger partial charge is 0.756 e. The van der Waals surface area contributed by atoms with Crippen LogP contribution in [0.5, 0.6) is 0 Å². The number of unbranched alkanes of at least 4 members (excludes halogenated alkanes) is 8. The molecule has 0 amide bonds. The van der Waals surface area contributed by atoms with Gasteiger partial charge in [0.25, 0.3) is 15.6 Å². The van der Waals surface area contributed by atoms with Gasteiger partial charge in [-0.3, -0.25) is 9.13 Å². The third-order valence-electron chi connectivity index (χ3n) is 3.99. The van der Waals surface area contributed by atoms with E-state index < -0.39 is 15.6 Å². The minimum Gasteiger partial charge on any atom is -0.756 e. The molecule has 0 spiro atoms. The molecule has 0 aliphatic carbocycles. The average molecular weight is 499 g/mol. The van der Waals surface area contributed by atoms with Gasteiger partial charge >= 0.3 is 23.1 Å². The average Bonchev–Trinajstić information content (AvgIpc) is 2.70. The molecule has 0 rings (SSSR count). The van der Waals surface area contributed by atoms with Gasteiger partial charge in [0.15, 0.2) is 0 Å². The fraction of sp³-hybridized carbons (Fsp3) is 1.00. The van der Waals surface area contributed by atoms with Crippen LogP contribution in [0, 0.1) is 0 Å². The van der Waals surface area contributed by atoms with Crippen molar-refractivity contribution in [1.29, 1.82) is 0 Å². The maximum Gasteiger partial charge on any atom is 2.00 e. The summed E-state index contributed by atoms with van der Waals surface area (Å²) in [5, 5.41) is 0. The number of hydrogen-bond acceptors (Lipinski definition) is 8. The van der Waals surface area contributed by atoms with Crippen LogP contribution < -0.4 is 9.79 Å². The Kier molecular flexibility index (Phi) is 30.2. The Labute approximate surface area is 206 Å². The van der Waals surface area contributed by atoms with E-state index in [1.807, 2.05) is 0 Å². The third-order valence-corrected chi connectivity index (χ3v) is 5.98. The molecule has 0 N–H and O–H groups in total. The molecule has 31 heavy (non-hydrogen) atoms. The van der Waals surface area contributed by atoms with E-state index >= 15 is 0 Å². The van der Waals surface area contributed by atoms with Crippen LogP contribution in [0.2, 0.25) is 0 Å². The summed E-state index contributed by atoms with van der Waals surface area (Å²) in [6, 6.07) is 0. The van der Waals surface area contributed by atoms with Crippen molar-refractivity contribution in [3.63, 3.8) is 0 Å². The van der Waals surface area contributed by atoms with E-state index in [9.17, 15) is 18.9 Å². The van der Waals surface area contributed by atoms with Gasteiger partial charge in [0, 0.05) is 0 Å². The Hall–Kier alpha value is 0.986. The zero-order valence-corrected chi connectivity index (χ0v) is 23.4. The maximum absolute atomic E-state index is 11.1. The molecule has 0 saturated carbocycles. The molecule has 184 valence electrons. The van der Waals surface area contributed by atoms with Crippen LogP contribution in [-0.4, -0.2) is 49.5 Å². The van der Waals surface area contributed by atoms with E-state index in [0.29, 0.717) is 0 Å². The van der Waals surface area contributed by atoms with Crippen LogP contribution >= 0.6 is 15.6 Å². The van der Waals surface area contributed by atoms with Gasteiger partial charge in [-0.05, 0) is 25.7 Å². The topological polar surface area (TPSA) is 117 Å². The second-order valence-electron chi connectivity index (χ2n) is 7.06. The first-order chi connectivity index (χ1) is 14.2. The van der Waals surface area contributed by atoms with Crippen molar-refractivity contribution < 1.29 is 37.0 Å². The van der Waals surface area contributed by atoms with E-state index in [2.05, 4.69) is 45.8 Å². The first-order valence-corrected chi connectivity index (χ1v) is 14.4. The molecular weight excluding hydrogens is 454 g/mol. The van der Waals surface area contributed by atoms with Crippen molar-refractivity contribution in [2.45, 2.75) is 105 Å². The standard InChI is InChI=1S/2C10H23O4P.Mg/c2*1-3-5-7-9-13-15(11,12)14-10-8-6-4-2;/h2*3-10H2,1-2H3,(H,11,12);/q;;+2/p-2. The van der Waals surface area contributed by atoms with E-state index in [4.69, 9.17) is 0 Å². The molecule has 0 saturated heterocycles. The van der Waals surface area contributed by atoms with Crippen LogP contribution in [-0.2, 0) is 27.2 Å². The van der Waals surface area contributed by atoms with Crippen molar-refractivity contribution in [3.8, 4) is 0 Å². The van der Waals surface area contributed by atoms with Gasteiger partial charge in [0.05, 0.1) is 26.4 Å². The fourth-order valence-electron chi connectivity index (χ4n) is 2.19. The van der Waals surface area contributed by atoms with Crippen molar-refractivity contribution in [2.24, 2.45) is 0 Å². The number of hydrogen-bond donors (Lipinski definition) is 0. The summed E-state index contributed by atoms with van der Waals surface area (Å²) in [6.07, 6.45) is 11.2. The van der Waals surface area contributed by atoms with Crippen molar-refractivity contribution in [3.05, 3.63) is 0 Å². The minimum atomic E-state index is -4.02. The Balaban J connectivity index is -0.000000490. The summed E-state index contributed by atoms with van der Waals surface area (Å²) in [7, 11) is -8.05. The summed E-state index contributed by atoms with van der Waals surface area (Å²) in [5.41, 5.74) is 0. The third kappa shape index (κ3) is 31.0. The van der Waals surface area contributed by atoms with Crippen LogP contribution in [0.1, 0.15) is 105 Å². The molecule has 0 bridgehead atoms. The molecule has 0 atom stereocenters. The molecule has 0 heterocycles. The molecule has 0 radical (unpaired) electrons. The normalized spacial score (nSPS) is 11.5. The Bertz CT molecular complexity index is 383. The number of phosphoric ester groups is 2. The summed E-state index contributed by atoms with van der Waals surface area (Å²) < 4.78 is 41.0. The molecule has 0 aliphatic rings. The predicted molar refractivity (Wildman–Crippen MR) is 123 cm³/mol. The molecule has 0 aromatic carbocycles. The van der Waals surface area contributed by atoms with E-state index in [-0.39, 0.29) is 49.5 Å².